The molecule has 0 aromatic heterocycles. The maximum atomic E-state index is 12.8. The third kappa shape index (κ3) is 3.42. The van der Waals surface area contributed by atoms with Crippen molar-refractivity contribution in [2.45, 2.75) is 39.2 Å². The van der Waals surface area contributed by atoms with Gasteiger partial charge in [0.25, 0.3) is 5.91 Å². The van der Waals surface area contributed by atoms with Crippen molar-refractivity contribution in [3.05, 3.63) is 35.4 Å². The van der Waals surface area contributed by atoms with Crippen LogP contribution in [0.3, 0.4) is 0 Å². The first-order valence-electron chi connectivity index (χ1n) is 8.24. The van der Waals surface area contributed by atoms with Gasteiger partial charge in [0, 0.05) is 13.6 Å². The molecular weight excluding hydrogens is 306 g/mol. The minimum atomic E-state index is -1.13. The van der Waals surface area contributed by atoms with Gasteiger partial charge in [0.15, 0.2) is 0 Å². The van der Waals surface area contributed by atoms with Crippen molar-refractivity contribution in [1.82, 2.24) is 15.1 Å². The van der Waals surface area contributed by atoms with Crippen LogP contribution >= 0.6 is 0 Å². The summed E-state index contributed by atoms with van der Waals surface area (Å²) < 4.78 is 0. The Hall–Kier alpha value is -2.37. The first kappa shape index (κ1) is 18.0. The molecule has 0 saturated carbocycles. The molecule has 0 radical (unpaired) electrons. The van der Waals surface area contributed by atoms with Gasteiger partial charge in [-0.15, -0.1) is 0 Å². The van der Waals surface area contributed by atoms with Gasteiger partial charge in [-0.1, -0.05) is 43.2 Å². The molecule has 1 heterocycles. The molecule has 1 aliphatic rings. The maximum Gasteiger partial charge on any atom is 0.325 e. The Morgan fingerprint density at radius 1 is 1.25 bits per heavy atom. The fourth-order valence-electron chi connectivity index (χ4n) is 2.70. The standard InChI is InChI=1S/C18H25N3O3/c1-5-6-11-20(4)15(22)12-21-16(23)18(3,19-17(21)24)14-9-7-13(2)8-10-14/h7-10H,5-6,11-12H2,1-4H3,(H,19,24). The smallest absolute Gasteiger partial charge is 0.325 e. The van der Waals surface area contributed by atoms with Crippen molar-refractivity contribution in [3.63, 3.8) is 0 Å². The number of unbranched alkanes of at least 4 members (excludes halogenated alkanes) is 1. The number of hydrogen-bond acceptors (Lipinski definition) is 3. The molecule has 1 aromatic carbocycles. The topological polar surface area (TPSA) is 69.7 Å². The van der Waals surface area contributed by atoms with Gasteiger partial charge >= 0.3 is 6.03 Å². The number of rotatable bonds is 6. The zero-order valence-corrected chi connectivity index (χ0v) is 14.8. The van der Waals surface area contributed by atoms with Crippen molar-refractivity contribution < 1.29 is 14.4 Å². The van der Waals surface area contributed by atoms with Crippen LogP contribution in [0.2, 0.25) is 0 Å². The lowest BCUT2D eigenvalue weighted by molar-refractivity contribution is -0.138. The molecule has 0 aliphatic carbocycles. The number of urea groups is 1. The van der Waals surface area contributed by atoms with E-state index in [4.69, 9.17) is 0 Å². The number of imide groups is 1. The molecule has 6 nitrogen and oxygen atoms in total. The van der Waals surface area contributed by atoms with E-state index in [1.165, 1.54) is 0 Å². The third-order valence-corrected chi connectivity index (χ3v) is 4.47. The zero-order chi connectivity index (χ0) is 17.9. The van der Waals surface area contributed by atoms with E-state index >= 15 is 0 Å². The Morgan fingerprint density at radius 3 is 2.46 bits per heavy atom. The van der Waals surface area contributed by atoms with Gasteiger partial charge in [-0.25, -0.2) is 4.79 Å². The highest BCUT2D eigenvalue weighted by Gasteiger charge is 2.49. The Kier molecular flexibility index (Phi) is 5.26. The molecule has 130 valence electrons. The van der Waals surface area contributed by atoms with Crippen LogP contribution in [0.25, 0.3) is 0 Å². The molecule has 24 heavy (non-hydrogen) atoms. The van der Waals surface area contributed by atoms with Crippen LogP contribution in [0.1, 0.15) is 37.8 Å². The van der Waals surface area contributed by atoms with E-state index in [-0.39, 0.29) is 12.5 Å². The number of carbonyl (C=O) groups is 3. The van der Waals surface area contributed by atoms with Crippen LogP contribution in [0.15, 0.2) is 24.3 Å². The fraction of sp³-hybridized carbons (Fsp3) is 0.500. The normalized spacial score (nSPS) is 20.2. The Balaban J connectivity index is 2.14. The molecule has 1 N–H and O–H groups in total. The van der Waals surface area contributed by atoms with E-state index in [0.717, 1.165) is 23.3 Å². The number of hydrogen-bond donors (Lipinski definition) is 1. The van der Waals surface area contributed by atoms with Gasteiger partial charge in [0.2, 0.25) is 5.91 Å². The quantitative estimate of drug-likeness (QED) is 0.811. The number of nitrogens with one attached hydrogen (secondary N) is 1. The Morgan fingerprint density at radius 2 is 1.88 bits per heavy atom. The SMILES string of the molecule is CCCCN(C)C(=O)CN1C(=O)NC(C)(c2ccc(C)cc2)C1=O. The largest absolute Gasteiger partial charge is 0.344 e. The van der Waals surface area contributed by atoms with Crippen LogP contribution in [0, 0.1) is 6.92 Å². The first-order chi connectivity index (χ1) is 11.3. The second-order valence-electron chi connectivity index (χ2n) is 6.48. The highest BCUT2D eigenvalue weighted by atomic mass is 16.2. The van der Waals surface area contributed by atoms with E-state index in [9.17, 15) is 14.4 Å². The molecule has 2 rings (SSSR count). The van der Waals surface area contributed by atoms with Crippen LogP contribution in [0.4, 0.5) is 4.79 Å². The van der Waals surface area contributed by atoms with Crippen LogP contribution in [-0.2, 0) is 15.1 Å². The molecule has 1 fully saturated rings. The molecule has 1 atom stereocenters. The van der Waals surface area contributed by atoms with Crippen LogP contribution in [0.5, 0.6) is 0 Å². The number of likely N-dealkylation sites (N-methyl/N-ethyl adjacent to an activating group) is 1. The first-order valence-corrected chi connectivity index (χ1v) is 8.24. The van der Waals surface area contributed by atoms with E-state index < -0.39 is 17.5 Å². The summed E-state index contributed by atoms with van der Waals surface area (Å²) >= 11 is 0. The van der Waals surface area contributed by atoms with E-state index in [2.05, 4.69) is 5.32 Å². The summed E-state index contributed by atoms with van der Waals surface area (Å²) in [6, 6.07) is 6.91. The second kappa shape index (κ2) is 7.03. The third-order valence-electron chi connectivity index (χ3n) is 4.47. The molecule has 1 aromatic rings. The highest BCUT2D eigenvalue weighted by molar-refractivity contribution is 6.09. The molecule has 4 amide bonds. The van der Waals surface area contributed by atoms with Gasteiger partial charge < -0.3 is 10.2 Å². The Bertz CT molecular complexity index is 641. The average molecular weight is 331 g/mol. The van der Waals surface area contributed by atoms with Gasteiger partial charge in [-0.2, -0.15) is 0 Å². The second-order valence-corrected chi connectivity index (χ2v) is 6.48. The predicted octanol–water partition coefficient (Wildman–Crippen LogP) is 2.02. The van der Waals surface area contributed by atoms with Gasteiger partial charge in [-0.05, 0) is 25.8 Å². The summed E-state index contributed by atoms with van der Waals surface area (Å²) in [6.45, 7) is 6.06. The Labute approximate surface area is 142 Å². The number of benzene rings is 1. The number of amides is 4. The summed E-state index contributed by atoms with van der Waals surface area (Å²) in [5.41, 5.74) is 0.650. The molecule has 1 unspecified atom stereocenters. The van der Waals surface area contributed by atoms with Crippen LogP contribution < -0.4 is 5.32 Å². The molecule has 0 spiro atoms. The lowest BCUT2D eigenvalue weighted by Crippen LogP contribution is -2.43. The van der Waals surface area contributed by atoms with Gasteiger partial charge in [-0.3, -0.25) is 14.5 Å². The van der Waals surface area contributed by atoms with Crippen LogP contribution in [-0.4, -0.2) is 47.8 Å². The minimum Gasteiger partial charge on any atom is -0.344 e. The fourth-order valence-corrected chi connectivity index (χ4v) is 2.70. The van der Waals surface area contributed by atoms with E-state index in [0.29, 0.717) is 12.1 Å². The zero-order valence-electron chi connectivity index (χ0n) is 14.8. The van der Waals surface area contributed by atoms with Gasteiger partial charge in [0.1, 0.15) is 12.1 Å². The predicted molar refractivity (Wildman–Crippen MR) is 91.3 cm³/mol. The maximum absolute atomic E-state index is 12.8. The minimum absolute atomic E-state index is 0.230. The highest BCUT2D eigenvalue weighted by Crippen LogP contribution is 2.28. The summed E-state index contributed by atoms with van der Waals surface area (Å²) in [4.78, 5) is 39.8. The van der Waals surface area contributed by atoms with E-state index in [1.54, 1.807) is 18.9 Å². The molecule has 1 aliphatic heterocycles. The number of aryl methyl sites for hydroxylation is 1. The van der Waals surface area contributed by atoms with Crippen molar-refractivity contribution in [2.24, 2.45) is 0 Å². The summed E-state index contributed by atoms with van der Waals surface area (Å²) in [7, 11) is 1.69. The molecular formula is C18H25N3O3. The van der Waals surface area contributed by atoms with Crippen molar-refractivity contribution >= 4 is 17.8 Å². The summed E-state index contributed by atoms with van der Waals surface area (Å²) in [5.74, 6) is -0.631. The monoisotopic (exact) mass is 331 g/mol. The lowest BCUT2D eigenvalue weighted by Gasteiger charge is -2.23. The molecule has 0 bridgehead atoms. The van der Waals surface area contributed by atoms with Crippen molar-refractivity contribution in [1.29, 1.82) is 0 Å². The molecule has 6 heteroatoms. The summed E-state index contributed by atoms with van der Waals surface area (Å²) in [5, 5.41) is 2.72. The van der Waals surface area contributed by atoms with E-state index in [1.807, 2.05) is 38.1 Å². The average Bonchev–Trinajstić information content (AvgIpc) is 2.77. The van der Waals surface area contributed by atoms with Crippen molar-refractivity contribution in [2.75, 3.05) is 20.1 Å². The molecule has 1 saturated heterocycles. The number of nitrogens with zero attached hydrogens (tertiary/aromatic N) is 2. The number of carbonyl (C=O) groups excluding carboxylic acids is 3. The lowest BCUT2D eigenvalue weighted by atomic mass is 9.91. The van der Waals surface area contributed by atoms with Gasteiger partial charge in [0.05, 0.1) is 0 Å². The van der Waals surface area contributed by atoms with Crippen molar-refractivity contribution in [3.8, 4) is 0 Å². The summed E-state index contributed by atoms with van der Waals surface area (Å²) in [6.07, 6.45) is 1.87.